The molecule has 0 radical (unpaired) electrons. The zero-order chi connectivity index (χ0) is 19.2. The zero-order valence-electron chi connectivity index (χ0n) is 13.4. The zero-order valence-corrected chi connectivity index (χ0v) is 14.2. The quantitative estimate of drug-likeness (QED) is 0.499. The summed E-state index contributed by atoms with van der Waals surface area (Å²) < 4.78 is 29.8. The third-order valence-electron chi connectivity index (χ3n) is 3.17. The van der Waals surface area contributed by atoms with Crippen molar-refractivity contribution in [2.24, 2.45) is 10.2 Å². The monoisotopic (exact) mass is 377 g/mol. The van der Waals surface area contributed by atoms with Gasteiger partial charge in [-0.15, -0.1) is 0 Å². The van der Waals surface area contributed by atoms with Crippen LogP contribution in [0.25, 0.3) is 0 Å². The van der Waals surface area contributed by atoms with E-state index in [1.807, 2.05) is 0 Å². The van der Waals surface area contributed by atoms with Gasteiger partial charge in [0.1, 0.15) is 0 Å². The second kappa shape index (κ2) is 8.32. The Hall–Kier alpha value is -3.11. The molecule has 136 valence electrons. The highest BCUT2D eigenvalue weighted by Crippen LogP contribution is 2.19. The van der Waals surface area contributed by atoms with Gasteiger partial charge in [-0.2, -0.15) is 18.6 Å². The number of carboxylic acids is 1. The van der Waals surface area contributed by atoms with Crippen LogP contribution in [0.15, 0.2) is 58.8 Å². The fourth-order valence-corrected chi connectivity index (χ4v) is 2.22. The van der Waals surface area contributed by atoms with E-state index in [1.54, 1.807) is 12.1 Å². The summed E-state index contributed by atoms with van der Waals surface area (Å²) >= 11 is 0. The van der Waals surface area contributed by atoms with Crippen LogP contribution in [0.4, 0.5) is 11.4 Å². The topological polar surface area (TPSA) is 145 Å². The normalized spacial score (nSPS) is 11.4. The number of hydrogen-bond donors (Lipinski definition) is 3. The Morgan fingerprint density at radius 3 is 1.77 bits per heavy atom. The average molecular weight is 377 g/mol. The number of nitrogens with one attached hydrogen (secondary N) is 1. The van der Waals surface area contributed by atoms with Gasteiger partial charge in [-0.3, -0.25) is 9.35 Å². The number of azo groups is 1. The molecule has 0 spiro atoms. The molecule has 0 saturated heterocycles. The summed E-state index contributed by atoms with van der Waals surface area (Å²) in [6.45, 7) is -0.203. The van der Waals surface area contributed by atoms with E-state index in [4.69, 9.17) is 9.66 Å². The SMILES string of the molecule is O=C(O)c1ccc(N=Nc2ccc(C(=O)NCCS(=O)(=O)O)cc2)cc1. The smallest absolute Gasteiger partial charge is 0.335 e. The van der Waals surface area contributed by atoms with Crippen LogP contribution >= 0.6 is 0 Å². The maximum atomic E-state index is 11.8. The van der Waals surface area contributed by atoms with E-state index in [-0.39, 0.29) is 12.1 Å². The molecule has 0 heterocycles. The lowest BCUT2D eigenvalue weighted by Crippen LogP contribution is -2.28. The molecular weight excluding hydrogens is 362 g/mol. The summed E-state index contributed by atoms with van der Waals surface area (Å²) in [5.41, 5.74) is 1.39. The van der Waals surface area contributed by atoms with E-state index < -0.39 is 27.7 Å². The molecule has 0 aromatic heterocycles. The Labute approximate surface area is 149 Å². The Balaban J connectivity index is 1.96. The predicted molar refractivity (Wildman–Crippen MR) is 92.8 cm³/mol. The molecule has 0 fully saturated rings. The van der Waals surface area contributed by atoms with Gasteiger partial charge < -0.3 is 10.4 Å². The van der Waals surface area contributed by atoms with E-state index in [1.165, 1.54) is 36.4 Å². The number of carbonyl (C=O) groups is 2. The largest absolute Gasteiger partial charge is 0.478 e. The van der Waals surface area contributed by atoms with Crippen LogP contribution in [-0.2, 0) is 10.1 Å². The fraction of sp³-hybridized carbons (Fsp3) is 0.125. The number of rotatable bonds is 7. The molecule has 0 atom stereocenters. The highest BCUT2D eigenvalue weighted by molar-refractivity contribution is 7.85. The molecule has 0 aliphatic carbocycles. The van der Waals surface area contributed by atoms with Crippen LogP contribution in [0.5, 0.6) is 0 Å². The fourth-order valence-electron chi connectivity index (χ4n) is 1.86. The second-order valence-electron chi connectivity index (χ2n) is 5.14. The average Bonchev–Trinajstić information content (AvgIpc) is 2.59. The number of hydrogen-bond acceptors (Lipinski definition) is 6. The van der Waals surface area contributed by atoms with Crippen molar-refractivity contribution in [1.29, 1.82) is 0 Å². The molecule has 0 bridgehead atoms. The molecule has 0 aliphatic heterocycles. The summed E-state index contributed by atoms with van der Waals surface area (Å²) in [6, 6.07) is 11.9. The van der Waals surface area contributed by atoms with Crippen molar-refractivity contribution in [3.8, 4) is 0 Å². The van der Waals surface area contributed by atoms with Crippen LogP contribution in [0, 0.1) is 0 Å². The summed E-state index contributed by atoms with van der Waals surface area (Å²) in [6.07, 6.45) is 0. The molecule has 0 aliphatic rings. The summed E-state index contributed by atoms with van der Waals surface area (Å²) in [5.74, 6) is -2.08. The van der Waals surface area contributed by atoms with Crippen LogP contribution in [0.1, 0.15) is 20.7 Å². The van der Waals surface area contributed by atoms with Gasteiger partial charge in [0.05, 0.1) is 22.7 Å². The van der Waals surface area contributed by atoms with Crippen molar-refractivity contribution < 1.29 is 27.7 Å². The third kappa shape index (κ3) is 6.07. The number of carboxylic acid groups (broad SMARTS) is 1. The van der Waals surface area contributed by atoms with E-state index in [9.17, 15) is 18.0 Å². The number of nitrogens with zero attached hydrogens (tertiary/aromatic N) is 2. The number of carbonyl (C=O) groups excluding carboxylic acids is 1. The summed E-state index contributed by atoms with van der Waals surface area (Å²) in [7, 11) is -4.12. The standard InChI is InChI=1S/C16H15N3O6S/c20-15(17-9-10-26(23,24)25)11-1-5-13(6-2-11)18-19-14-7-3-12(4-8-14)16(21)22/h1-8H,9-10H2,(H,17,20)(H,21,22)(H,23,24,25). The van der Waals surface area contributed by atoms with Crippen LogP contribution in [0.2, 0.25) is 0 Å². The predicted octanol–water partition coefficient (Wildman–Crippen LogP) is 2.42. The maximum absolute atomic E-state index is 11.8. The van der Waals surface area contributed by atoms with Crippen molar-refractivity contribution >= 4 is 33.4 Å². The maximum Gasteiger partial charge on any atom is 0.335 e. The van der Waals surface area contributed by atoms with Gasteiger partial charge in [0.2, 0.25) is 0 Å². The van der Waals surface area contributed by atoms with Gasteiger partial charge in [0.15, 0.2) is 0 Å². The highest BCUT2D eigenvalue weighted by atomic mass is 32.2. The first-order chi connectivity index (χ1) is 12.2. The summed E-state index contributed by atoms with van der Waals surface area (Å²) in [5, 5.41) is 19.1. The molecule has 9 nitrogen and oxygen atoms in total. The van der Waals surface area contributed by atoms with Crippen molar-refractivity contribution in [2.75, 3.05) is 12.3 Å². The number of aromatic carboxylic acids is 1. The van der Waals surface area contributed by atoms with E-state index >= 15 is 0 Å². The first-order valence-corrected chi connectivity index (χ1v) is 8.94. The summed E-state index contributed by atoms with van der Waals surface area (Å²) in [4.78, 5) is 22.6. The molecule has 3 N–H and O–H groups in total. The van der Waals surface area contributed by atoms with E-state index in [0.717, 1.165) is 0 Å². The molecule has 1 amide bonds. The van der Waals surface area contributed by atoms with Crippen molar-refractivity contribution in [2.45, 2.75) is 0 Å². The Morgan fingerprint density at radius 1 is 0.885 bits per heavy atom. The molecule has 2 aromatic rings. The van der Waals surface area contributed by atoms with Crippen molar-refractivity contribution in [3.63, 3.8) is 0 Å². The van der Waals surface area contributed by atoms with Crippen LogP contribution in [0.3, 0.4) is 0 Å². The minimum atomic E-state index is -4.12. The highest BCUT2D eigenvalue weighted by Gasteiger charge is 2.08. The van der Waals surface area contributed by atoms with Gasteiger partial charge in [-0.25, -0.2) is 4.79 Å². The lowest BCUT2D eigenvalue weighted by atomic mass is 10.2. The van der Waals surface area contributed by atoms with E-state index in [2.05, 4.69) is 15.5 Å². The number of benzene rings is 2. The Kier molecular flexibility index (Phi) is 6.15. The van der Waals surface area contributed by atoms with Crippen LogP contribution < -0.4 is 5.32 Å². The van der Waals surface area contributed by atoms with Gasteiger partial charge in [0, 0.05) is 12.1 Å². The molecule has 10 heteroatoms. The first-order valence-electron chi connectivity index (χ1n) is 7.33. The lowest BCUT2D eigenvalue weighted by Gasteiger charge is -2.04. The van der Waals surface area contributed by atoms with Gasteiger partial charge >= 0.3 is 5.97 Å². The van der Waals surface area contributed by atoms with Crippen molar-refractivity contribution in [3.05, 3.63) is 59.7 Å². The minimum Gasteiger partial charge on any atom is -0.478 e. The molecule has 2 rings (SSSR count). The number of amides is 1. The van der Waals surface area contributed by atoms with Gasteiger partial charge in [-0.05, 0) is 48.5 Å². The van der Waals surface area contributed by atoms with Gasteiger partial charge in [-0.1, -0.05) is 0 Å². The minimum absolute atomic E-state index is 0.147. The van der Waals surface area contributed by atoms with E-state index in [0.29, 0.717) is 16.9 Å². The second-order valence-corrected chi connectivity index (χ2v) is 6.71. The Morgan fingerprint density at radius 2 is 1.35 bits per heavy atom. The first kappa shape index (κ1) is 19.2. The van der Waals surface area contributed by atoms with Crippen LogP contribution in [-0.4, -0.2) is 42.3 Å². The molecule has 2 aromatic carbocycles. The molecular formula is C16H15N3O6S. The Bertz CT molecular complexity index is 921. The lowest BCUT2D eigenvalue weighted by molar-refractivity contribution is 0.0696. The third-order valence-corrected chi connectivity index (χ3v) is 3.89. The van der Waals surface area contributed by atoms with Crippen molar-refractivity contribution in [1.82, 2.24) is 5.32 Å². The molecule has 26 heavy (non-hydrogen) atoms. The molecule has 0 saturated carbocycles. The van der Waals surface area contributed by atoms with Gasteiger partial charge in [0.25, 0.3) is 16.0 Å². The molecule has 0 unspecified atom stereocenters.